The van der Waals surface area contributed by atoms with Crippen molar-refractivity contribution in [3.63, 3.8) is 0 Å². The van der Waals surface area contributed by atoms with E-state index in [-0.39, 0.29) is 17.8 Å². The quantitative estimate of drug-likeness (QED) is 0.945. The van der Waals surface area contributed by atoms with Crippen LogP contribution in [0.5, 0.6) is 0 Å². The molecule has 1 N–H and O–H groups in total. The lowest BCUT2D eigenvalue weighted by atomic mass is 10.00. The molecule has 1 unspecified atom stereocenters. The summed E-state index contributed by atoms with van der Waals surface area (Å²) in [7, 11) is 0. The molecule has 4 rings (SSSR count). The number of carbonyl (C=O) groups is 1. The fraction of sp³-hybridized carbons (Fsp3) is 0.375. The number of fused-ring (bicyclic) bond motifs is 2. The van der Waals surface area contributed by atoms with E-state index in [2.05, 4.69) is 15.2 Å². The third kappa shape index (κ3) is 2.42. The monoisotopic (exact) mass is 317 g/mol. The summed E-state index contributed by atoms with van der Waals surface area (Å²) >= 11 is 1.23. The zero-order valence-corrected chi connectivity index (χ0v) is 12.8. The number of rotatable bonds is 3. The lowest BCUT2D eigenvalue weighted by Gasteiger charge is -2.22. The first-order valence-corrected chi connectivity index (χ1v) is 8.26. The zero-order chi connectivity index (χ0) is 15.1. The van der Waals surface area contributed by atoms with Gasteiger partial charge < -0.3 is 10.2 Å². The van der Waals surface area contributed by atoms with Gasteiger partial charge in [0.2, 0.25) is 0 Å². The molecule has 114 valence electrons. The number of nitrogens with one attached hydrogen (secondary N) is 1. The first-order chi connectivity index (χ1) is 10.7. The predicted octanol–water partition coefficient (Wildman–Crippen LogP) is 2.38. The third-order valence-electron chi connectivity index (χ3n) is 4.48. The van der Waals surface area contributed by atoms with Crippen LogP contribution >= 0.6 is 11.3 Å². The molecule has 0 spiro atoms. The van der Waals surface area contributed by atoms with Crippen molar-refractivity contribution < 1.29 is 9.18 Å². The van der Waals surface area contributed by atoms with Gasteiger partial charge in [-0.2, -0.15) is 0 Å². The Hall–Kier alpha value is -1.79. The van der Waals surface area contributed by atoms with Crippen LogP contribution in [0, 0.1) is 11.7 Å². The largest absolute Gasteiger partial charge is 0.347 e. The maximum absolute atomic E-state index is 13.8. The van der Waals surface area contributed by atoms with Gasteiger partial charge in [-0.15, -0.1) is 11.3 Å². The standard InChI is InChI=1S/C16H16FN3OS/c17-12-4-2-1-3-11(12)16-18-7-14(22-16)15(21)19-13-9-20-6-5-10(13)8-20/h1-4,7,10,13H,5-6,8-9H2,(H,19,21)/t10-,13-/m0/s1. The van der Waals surface area contributed by atoms with Crippen molar-refractivity contribution in [2.24, 2.45) is 5.92 Å². The minimum Gasteiger partial charge on any atom is -0.347 e. The van der Waals surface area contributed by atoms with Gasteiger partial charge in [0, 0.05) is 24.7 Å². The van der Waals surface area contributed by atoms with Crippen LogP contribution in [0.25, 0.3) is 10.6 Å². The molecule has 2 aliphatic heterocycles. The van der Waals surface area contributed by atoms with Crippen molar-refractivity contribution in [2.45, 2.75) is 12.5 Å². The molecule has 0 saturated carbocycles. The molecular formula is C16H16FN3OS. The molecule has 1 aromatic heterocycles. The van der Waals surface area contributed by atoms with Gasteiger partial charge in [-0.3, -0.25) is 4.79 Å². The molecule has 2 aromatic rings. The Balaban J connectivity index is 1.49. The number of benzene rings is 1. The summed E-state index contributed by atoms with van der Waals surface area (Å²) in [5.74, 6) is 0.159. The molecule has 3 heterocycles. The number of halogens is 1. The number of amides is 1. The fourth-order valence-corrected chi connectivity index (χ4v) is 4.17. The van der Waals surface area contributed by atoms with Gasteiger partial charge in [0.05, 0.1) is 6.20 Å². The fourth-order valence-electron chi connectivity index (χ4n) is 3.33. The van der Waals surface area contributed by atoms with E-state index in [4.69, 9.17) is 0 Å². The van der Waals surface area contributed by atoms with Gasteiger partial charge in [-0.1, -0.05) is 12.1 Å². The number of carbonyl (C=O) groups excluding carboxylic acids is 1. The molecule has 2 fully saturated rings. The molecule has 1 amide bonds. The summed E-state index contributed by atoms with van der Waals surface area (Å²) in [5.41, 5.74) is 0.442. The van der Waals surface area contributed by atoms with E-state index < -0.39 is 0 Å². The lowest BCUT2D eigenvalue weighted by molar-refractivity contribution is 0.0928. The molecule has 2 bridgehead atoms. The molecular weight excluding hydrogens is 301 g/mol. The second-order valence-corrected chi connectivity index (χ2v) is 6.93. The van der Waals surface area contributed by atoms with Gasteiger partial charge in [0.1, 0.15) is 15.7 Å². The Morgan fingerprint density at radius 1 is 1.36 bits per heavy atom. The van der Waals surface area contributed by atoms with E-state index in [0.717, 1.165) is 26.1 Å². The number of hydrogen-bond acceptors (Lipinski definition) is 4. The molecule has 6 heteroatoms. The van der Waals surface area contributed by atoms with Crippen LogP contribution in [-0.4, -0.2) is 41.5 Å². The minimum absolute atomic E-state index is 0.0983. The Morgan fingerprint density at radius 3 is 2.95 bits per heavy atom. The first kappa shape index (κ1) is 13.8. The second-order valence-electron chi connectivity index (χ2n) is 5.90. The highest BCUT2D eigenvalue weighted by Crippen LogP contribution is 2.30. The summed E-state index contributed by atoms with van der Waals surface area (Å²) in [5, 5.41) is 3.64. The molecule has 0 radical (unpaired) electrons. The van der Waals surface area contributed by atoms with Crippen molar-refractivity contribution in [1.29, 1.82) is 0 Å². The SMILES string of the molecule is O=C(N[C@H]1CN2CC[C@H]1C2)c1cnc(-c2ccccc2F)s1. The Labute approximate surface area is 132 Å². The van der Waals surface area contributed by atoms with Crippen LogP contribution < -0.4 is 5.32 Å². The van der Waals surface area contributed by atoms with Crippen LogP contribution in [0.2, 0.25) is 0 Å². The van der Waals surface area contributed by atoms with Gasteiger partial charge >= 0.3 is 0 Å². The number of aromatic nitrogens is 1. The van der Waals surface area contributed by atoms with Crippen molar-refractivity contribution in [2.75, 3.05) is 19.6 Å². The first-order valence-electron chi connectivity index (χ1n) is 7.44. The van der Waals surface area contributed by atoms with Gasteiger partial charge in [-0.05, 0) is 31.0 Å². The molecule has 1 aromatic carbocycles. The van der Waals surface area contributed by atoms with Gasteiger partial charge in [-0.25, -0.2) is 9.37 Å². The van der Waals surface area contributed by atoms with Gasteiger partial charge in [0.25, 0.3) is 5.91 Å². The topological polar surface area (TPSA) is 45.2 Å². The van der Waals surface area contributed by atoms with Crippen LogP contribution in [0.1, 0.15) is 16.1 Å². The smallest absolute Gasteiger partial charge is 0.263 e. The Morgan fingerprint density at radius 2 is 2.23 bits per heavy atom. The summed E-state index contributed by atoms with van der Waals surface area (Å²) in [6.45, 7) is 3.18. The second kappa shape index (κ2) is 5.44. The average molecular weight is 317 g/mol. The van der Waals surface area contributed by atoms with E-state index in [0.29, 0.717) is 21.4 Å². The van der Waals surface area contributed by atoms with E-state index in [1.54, 1.807) is 18.2 Å². The summed E-state index contributed by atoms with van der Waals surface area (Å²) in [6, 6.07) is 6.73. The number of nitrogens with zero attached hydrogens (tertiary/aromatic N) is 2. The minimum atomic E-state index is -0.315. The highest BCUT2D eigenvalue weighted by molar-refractivity contribution is 7.16. The lowest BCUT2D eigenvalue weighted by Crippen LogP contribution is -2.42. The predicted molar refractivity (Wildman–Crippen MR) is 83.3 cm³/mol. The van der Waals surface area contributed by atoms with Crippen LogP contribution in [-0.2, 0) is 0 Å². The third-order valence-corrected chi connectivity index (χ3v) is 5.51. The molecule has 22 heavy (non-hydrogen) atoms. The molecule has 2 aliphatic rings. The molecule has 4 nitrogen and oxygen atoms in total. The Kier molecular flexibility index (Phi) is 3.43. The number of thiazole rings is 1. The molecule has 0 aliphatic carbocycles. The van der Waals surface area contributed by atoms with Crippen molar-refractivity contribution in [1.82, 2.24) is 15.2 Å². The van der Waals surface area contributed by atoms with E-state index in [9.17, 15) is 9.18 Å². The summed E-state index contributed by atoms with van der Waals surface area (Å²) in [6.07, 6.45) is 2.70. The average Bonchev–Trinajstić information content (AvgIpc) is 3.24. The Bertz CT molecular complexity index is 717. The molecule has 2 saturated heterocycles. The summed E-state index contributed by atoms with van der Waals surface area (Å²) < 4.78 is 13.8. The van der Waals surface area contributed by atoms with Gasteiger partial charge in [0.15, 0.2) is 0 Å². The maximum atomic E-state index is 13.8. The summed E-state index contributed by atoms with van der Waals surface area (Å²) in [4.78, 5) is 19.5. The number of piperidine rings is 1. The maximum Gasteiger partial charge on any atom is 0.263 e. The van der Waals surface area contributed by atoms with E-state index in [1.807, 2.05) is 0 Å². The van der Waals surface area contributed by atoms with Crippen molar-refractivity contribution in [3.8, 4) is 10.6 Å². The van der Waals surface area contributed by atoms with Crippen molar-refractivity contribution >= 4 is 17.2 Å². The highest BCUT2D eigenvalue weighted by Gasteiger charge is 2.38. The van der Waals surface area contributed by atoms with Crippen LogP contribution in [0.4, 0.5) is 4.39 Å². The van der Waals surface area contributed by atoms with E-state index >= 15 is 0 Å². The number of hydrogen-bond donors (Lipinski definition) is 1. The molecule has 3 atom stereocenters. The van der Waals surface area contributed by atoms with Crippen LogP contribution in [0.15, 0.2) is 30.5 Å². The zero-order valence-electron chi connectivity index (χ0n) is 12.0. The van der Waals surface area contributed by atoms with Crippen LogP contribution in [0.3, 0.4) is 0 Å². The van der Waals surface area contributed by atoms with Crippen molar-refractivity contribution in [3.05, 3.63) is 41.2 Å². The highest BCUT2D eigenvalue weighted by atomic mass is 32.1. The van der Waals surface area contributed by atoms with E-state index in [1.165, 1.54) is 23.6 Å². The normalized spacial score (nSPS) is 26.3.